The van der Waals surface area contributed by atoms with Crippen molar-refractivity contribution in [3.05, 3.63) is 102 Å². The van der Waals surface area contributed by atoms with Gasteiger partial charge in [0.25, 0.3) is 0 Å². The molecule has 0 bridgehead atoms. The lowest BCUT2D eigenvalue weighted by Gasteiger charge is -2.27. The minimum atomic E-state index is -0.690. The highest BCUT2D eigenvalue weighted by atomic mass is 32.1. The SMILES string of the molecule is CC(NC(=O)C(c1ccccc1)c1ccccc1)N(S)C(=O)Nc1cccc(C#N)c1. The third-order valence-electron chi connectivity index (χ3n) is 4.70. The Bertz CT molecular complexity index is 1040. The fraction of sp³-hybridized carbons (Fsp3) is 0.125. The number of carbonyl (C=O) groups is 2. The van der Waals surface area contributed by atoms with Crippen LogP contribution in [0.5, 0.6) is 0 Å². The molecule has 0 radical (unpaired) electrons. The van der Waals surface area contributed by atoms with E-state index in [1.54, 1.807) is 31.2 Å². The zero-order valence-corrected chi connectivity index (χ0v) is 17.8. The Balaban J connectivity index is 1.72. The van der Waals surface area contributed by atoms with Crippen LogP contribution in [0.2, 0.25) is 0 Å². The van der Waals surface area contributed by atoms with Crippen LogP contribution in [0.1, 0.15) is 29.5 Å². The van der Waals surface area contributed by atoms with E-state index in [1.807, 2.05) is 66.7 Å². The molecule has 31 heavy (non-hydrogen) atoms. The summed E-state index contributed by atoms with van der Waals surface area (Å²) >= 11 is 4.26. The number of thiol groups is 1. The van der Waals surface area contributed by atoms with Gasteiger partial charge in [-0.25, -0.2) is 9.10 Å². The van der Waals surface area contributed by atoms with E-state index in [2.05, 4.69) is 23.4 Å². The molecule has 7 heteroatoms. The summed E-state index contributed by atoms with van der Waals surface area (Å²) in [4.78, 5) is 25.7. The normalized spacial score (nSPS) is 11.3. The van der Waals surface area contributed by atoms with Crippen LogP contribution in [0.4, 0.5) is 10.5 Å². The minimum Gasteiger partial charge on any atom is -0.334 e. The highest BCUT2D eigenvalue weighted by Gasteiger charge is 2.26. The quantitative estimate of drug-likeness (QED) is 0.397. The molecule has 3 amide bonds. The molecule has 2 N–H and O–H groups in total. The first kappa shape index (κ1) is 21.9. The molecular formula is C24H22N4O2S. The molecule has 1 unspecified atom stereocenters. The van der Waals surface area contributed by atoms with Crippen molar-refractivity contribution in [3.63, 3.8) is 0 Å². The average Bonchev–Trinajstić information content (AvgIpc) is 2.80. The Labute approximate surface area is 187 Å². The molecule has 0 aliphatic rings. The molecule has 0 saturated heterocycles. The number of urea groups is 1. The zero-order valence-electron chi connectivity index (χ0n) is 16.9. The third-order valence-corrected chi connectivity index (χ3v) is 5.23. The van der Waals surface area contributed by atoms with Gasteiger partial charge in [-0.3, -0.25) is 4.79 Å². The Hall–Kier alpha value is -3.76. The first-order valence-electron chi connectivity index (χ1n) is 9.69. The van der Waals surface area contributed by atoms with E-state index >= 15 is 0 Å². The van der Waals surface area contributed by atoms with E-state index in [-0.39, 0.29) is 5.91 Å². The fourth-order valence-corrected chi connectivity index (χ4v) is 3.27. The van der Waals surface area contributed by atoms with E-state index in [0.29, 0.717) is 11.3 Å². The van der Waals surface area contributed by atoms with Crippen LogP contribution in [0.3, 0.4) is 0 Å². The lowest BCUT2D eigenvalue weighted by atomic mass is 9.90. The first-order valence-corrected chi connectivity index (χ1v) is 10.1. The van der Waals surface area contributed by atoms with Gasteiger partial charge in [0.15, 0.2) is 0 Å². The largest absolute Gasteiger partial charge is 0.334 e. The van der Waals surface area contributed by atoms with Gasteiger partial charge in [-0.2, -0.15) is 5.26 Å². The number of amides is 3. The Morgan fingerprint density at radius 2 is 1.52 bits per heavy atom. The molecule has 156 valence electrons. The summed E-state index contributed by atoms with van der Waals surface area (Å²) in [6, 6.07) is 27.0. The number of carbonyl (C=O) groups excluding carboxylic acids is 2. The van der Waals surface area contributed by atoms with Gasteiger partial charge >= 0.3 is 6.03 Å². The summed E-state index contributed by atoms with van der Waals surface area (Å²) in [6.45, 7) is 1.67. The first-order chi connectivity index (χ1) is 15.0. The van der Waals surface area contributed by atoms with Gasteiger partial charge in [0, 0.05) is 5.69 Å². The number of hydrogen-bond acceptors (Lipinski definition) is 4. The van der Waals surface area contributed by atoms with Crippen molar-refractivity contribution in [1.82, 2.24) is 9.62 Å². The smallest absolute Gasteiger partial charge is 0.333 e. The maximum Gasteiger partial charge on any atom is 0.333 e. The van der Waals surface area contributed by atoms with Crippen LogP contribution < -0.4 is 10.6 Å². The third kappa shape index (κ3) is 5.65. The van der Waals surface area contributed by atoms with Crippen LogP contribution in [0.15, 0.2) is 84.9 Å². The Morgan fingerprint density at radius 3 is 2.06 bits per heavy atom. The van der Waals surface area contributed by atoms with Crippen molar-refractivity contribution in [2.24, 2.45) is 0 Å². The topological polar surface area (TPSA) is 85.2 Å². The van der Waals surface area contributed by atoms with E-state index in [1.165, 1.54) is 0 Å². The van der Waals surface area contributed by atoms with Crippen molar-refractivity contribution in [2.45, 2.75) is 19.0 Å². The van der Waals surface area contributed by atoms with E-state index in [9.17, 15) is 9.59 Å². The highest BCUT2D eigenvalue weighted by molar-refractivity contribution is 7.78. The van der Waals surface area contributed by atoms with Gasteiger partial charge in [-0.05, 0) is 36.2 Å². The lowest BCUT2D eigenvalue weighted by Crippen LogP contribution is -2.47. The molecule has 0 heterocycles. The Kier molecular flexibility index (Phi) is 7.31. The van der Waals surface area contributed by atoms with Gasteiger partial charge in [0.05, 0.1) is 17.6 Å². The molecule has 1 atom stereocenters. The van der Waals surface area contributed by atoms with Crippen LogP contribution in [0.25, 0.3) is 0 Å². The number of hydrogen-bond donors (Lipinski definition) is 3. The van der Waals surface area contributed by atoms with Crippen LogP contribution in [-0.2, 0) is 4.79 Å². The number of anilines is 1. The number of rotatable bonds is 6. The van der Waals surface area contributed by atoms with Crippen molar-refractivity contribution in [1.29, 1.82) is 5.26 Å². The molecule has 0 spiro atoms. The van der Waals surface area contributed by atoms with Crippen LogP contribution in [-0.4, -0.2) is 22.4 Å². The molecule has 0 aliphatic heterocycles. The fourth-order valence-electron chi connectivity index (χ4n) is 3.16. The van der Waals surface area contributed by atoms with Crippen molar-refractivity contribution in [3.8, 4) is 6.07 Å². The molecule has 6 nitrogen and oxygen atoms in total. The van der Waals surface area contributed by atoms with E-state index in [0.717, 1.165) is 15.4 Å². The molecule has 0 aromatic heterocycles. The van der Waals surface area contributed by atoms with Crippen LogP contribution >= 0.6 is 12.8 Å². The van der Waals surface area contributed by atoms with Gasteiger partial charge in [-0.1, -0.05) is 79.5 Å². The summed E-state index contributed by atoms with van der Waals surface area (Å²) in [5.41, 5.74) is 2.59. The van der Waals surface area contributed by atoms with Gasteiger partial charge < -0.3 is 10.6 Å². The van der Waals surface area contributed by atoms with Gasteiger partial charge in [0.1, 0.15) is 6.17 Å². The number of nitrogens with zero attached hydrogens (tertiary/aromatic N) is 2. The lowest BCUT2D eigenvalue weighted by molar-refractivity contribution is -0.122. The summed E-state index contributed by atoms with van der Waals surface area (Å²) in [5.74, 6) is -0.773. The summed E-state index contributed by atoms with van der Waals surface area (Å²) in [6.07, 6.45) is -0.690. The average molecular weight is 431 g/mol. The van der Waals surface area contributed by atoms with Crippen LogP contribution in [0, 0.1) is 11.3 Å². The molecule has 3 aromatic rings. The van der Waals surface area contributed by atoms with E-state index in [4.69, 9.17) is 5.26 Å². The maximum atomic E-state index is 13.2. The molecule has 0 fully saturated rings. The second-order valence-corrected chi connectivity index (χ2v) is 7.34. The second-order valence-electron chi connectivity index (χ2n) is 6.91. The minimum absolute atomic E-state index is 0.247. The van der Waals surface area contributed by atoms with Crippen molar-refractivity contribution in [2.75, 3.05) is 5.32 Å². The number of nitriles is 1. The summed E-state index contributed by atoms with van der Waals surface area (Å²) in [5, 5.41) is 14.5. The molecule has 0 aliphatic carbocycles. The predicted octanol–water partition coefficient (Wildman–Crippen LogP) is 4.53. The number of benzene rings is 3. The van der Waals surface area contributed by atoms with Gasteiger partial charge in [0.2, 0.25) is 5.91 Å². The van der Waals surface area contributed by atoms with Gasteiger partial charge in [-0.15, -0.1) is 0 Å². The molecule has 0 saturated carbocycles. The molecule has 3 rings (SSSR count). The standard InChI is InChI=1S/C24H22N4O2S/c1-17(28(31)24(30)27-21-14-8-9-18(15-21)16-25)26-23(29)22(19-10-4-2-5-11-19)20-12-6-3-7-13-20/h2-15,17,22,31H,1H3,(H,26,29)(H,27,30). The van der Waals surface area contributed by atoms with Crippen molar-refractivity contribution >= 4 is 30.4 Å². The van der Waals surface area contributed by atoms with E-state index < -0.39 is 18.1 Å². The zero-order chi connectivity index (χ0) is 22.2. The Morgan fingerprint density at radius 1 is 0.935 bits per heavy atom. The summed E-state index contributed by atoms with van der Waals surface area (Å²) in [7, 11) is 0. The second kappa shape index (κ2) is 10.3. The predicted molar refractivity (Wildman–Crippen MR) is 123 cm³/mol. The number of nitrogens with one attached hydrogen (secondary N) is 2. The monoisotopic (exact) mass is 430 g/mol. The van der Waals surface area contributed by atoms with Crippen molar-refractivity contribution < 1.29 is 9.59 Å². The molecule has 3 aromatic carbocycles. The maximum absolute atomic E-state index is 13.2. The summed E-state index contributed by atoms with van der Waals surface area (Å²) < 4.78 is 1.10. The molecular weight excluding hydrogens is 408 g/mol. The highest BCUT2D eigenvalue weighted by Crippen LogP contribution is 2.25.